The number of ether oxygens (including phenoxy) is 2. The van der Waals surface area contributed by atoms with Crippen molar-refractivity contribution in [2.45, 2.75) is 44.1 Å². The Labute approximate surface area is 125 Å². The summed E-state index contributed by atoms with van der Waals surface area (Å²) in [5.74, 6) is -0.724. The van der Waals surface area contributed by atoms with Crippen molar-refractivity contribution in [2.24, 2.45) is 5.92 Å². The van der Waals surface area contributed by atoms with Crippen LogP contribution in [-0.2, 0) is 10.9 Å². The number of methoxy groups -OCH3 is 1. The van der Waals surface area contributed by atoms with Gasteiger partial charge in [-0.15, -0.1) is 0 Å². The highest BCUT2D eigenvalue weighted by molar-refractivity contribution is 6.00. The average Bonchev–Trinajstić information content (AvgIpc) is 2.83. The largest absolute Gasteiger partial charge is 0.480 e. The summed E-state index contributed by atoms with van der Waals surface area (Å²) in [5.41, 5.74) is -1.03. The van der Waals surface area contributed by atoms with E-state index in [1.165, 1.54) is 7.11 Å². The lowest BCUT2D eigenvalue weighted by Crippen LogP contribution is -2.30. The number of carbonyl (C=O) groups excluding carboxylic acids is 1. The van der Waals surface area contributed by atoms with Gasteiger partial charge in [-0.25, -0.2) is 4.98 Å². The molecule has 2 aliphatic rings. The van der Waals surface area contributed by atoms with Crippen molar-refractivity contribution in [1.29, 1.82) is 0 Å². The number of nitrogens with zero attached hydrogens (tertiary/aromatic N) is 1. The standard InChI is InChI=1S/C15H16F3NO3/c1-21-14-12(6-9(7-19-14)15(16,17)18)13(20)8-4-10-2-3-11(5-8)22-10/h6-8,10-11H,2-5H2,1H3. The highest BCUT2D eigenvalue weighted by atomic mass is 19.4. The quantitative estimate of drug-likeness (QED) is 0.803. The van der Waals surface area contributed by atoms with E-state index in [1.54, 1.807) is 0 Å². The van der Waals surface area contributed by atoms with E-state index in [4.69, 9.17) is 9.47 Å². The summed E-state index contributed by atoms with van der Waals surface area (Å²) in [6.45, 7) is 0. The summed E-state index contributed by atoms with van der Waals surface area (Å²) >= 11 is 0. The zero-order chi connectivity index (χ0) is 15.9. The van der Waals surface area contributed by atoms with Crippen molar-refractivity contribution in [2.75, 3.05) is 7.11 Å². The molecule has 2 saturated heterocycles. The van der Waals surface area contributed by atoms with E-state index in [9.17, 15) is 18.0 Å². The SMILES string of the molecule is COc1ncc(C(F)(F)F)cc1C(=O)C1CC2CCC(C1)O2. The first kappa shape index (κ1) is 15.3. The first-order chi connectivity index (χ1) is 10.4. The van der Waals surface area contributed by atoms with Crippen LogP contribution >= 0.6 is 0 Å². The molecule has 22 heavy (non-hydrogen) atoms. The second kappa shape index (κ2) is 5.53. The molecule has 7 heteroatoms. The Hall–Kier alpha value is -1.63. The minimum Gasteiger partial charge on any atom is -0.480 e. The molecule has 0 aliphatic carbocycles. The van der Waals surface area contributed by atoms with Gasteiger partial charge in [-0.3, -0.25) is 4.79 Å². The highest BCUT2D eigenvalue weighted by Crippen LogP contribution is 2.39. The summed E-state index contributed by atoms with van der Waals surface area (Å²) in [7, 11) is 1.29. The molecule has 1 aromatic heterocycles. The Balaban J connectivity index is 1.90. The van der Waals surface area contributed by atoms with Gasteiger partial charge >= 0.3 is 6.18 Å². The minimum atomic E-state index is -4.54. The average molecular weight is 315 g/mol. The number of hydrogen-bond donors (Lipinski definition) is 0. The first-order valence-corrected chi connectivity index (χ1v) is 7.19. The Morgan fingerprint density at radius 2 is 1.95 bits per heavy atom. The molecule has 0 spiro atoms. The lowest BCUT2D eigenvalue weighted by molar-refractivity contribution is -0.137. The molecule has 0 N–H and O–H groups in total. The van der Waals surface area contributed by atoms with Crippen LogP contribution in [0.4, 0.5) is 13.2 Å². The van der Waals surface area contributed by atoms with Gasteiger partial charge in [0.15, 0.2) is 5.78 Å². The van der Waals surface area contributed by atoms with Crippen LogP contribution in [0.2, 0.25) is 0 Å². The molecular weight excluding hydrogens is 299 g/mol. The number of fused-ring (bicyclic) bond motifs is 2. The van der Waals surface area contributed by atoms with E-state index in [0.29, 0.717) is 19.0 Å². The number of carbonyl (C=O) groups is 1. The van der Waals surface area contributed by atoms with E-state index in [0.717, 1.165) is 18.9 Å². The lowest BCUT2D eigenvalue weighted by Gasteiger charge is -2.27. The second-order valence-electron chi connectivity index (χ2n) is 5.77. The molecule has 2 atom stereocenters. The summed E-state index contributed by atoms with van der Waals surface area (Å²) in [6.07, 6.45) is -0.857. The van der Waals surface area contributed by atoms with Gasteiger partial charge in [0.2, 0.25) is 5.88 Å². The fourth-order valence-corrected chi connectivity index (χ4v) is 3.24. The Bertz CT molecular complexity index is 576. The molecule has 0 radical (unpaired) electrons. The smallest absolute Gasteiger partial charge is 0.417 e. The topological polar surface area (TPSA) is 48.4 Å². The highest BCUT2D eigenvalue weighted by Gasteiger charge is 2.40. The van der Waals surface area contributed by atoms with Crippen LogP contribution in [0, 0.1) is 5.92 Å². The van der Waals surface area contributed by atoms with Gasteiger partial charge in [0, 0.05) is 12.1 Å². The van der Waals surface area contributed by atoms with Crippen molar-refractivity contribution in [3.63, 3.8) is 0 Å². The third-order valence-electron chi connectivity index (χ3n) is 4.30. The van der Waals surface area contributed by atoms with Crippen LogP contribution in [0.3, 0.4) is 0 Å². The molecule has 2 aliphatic heterocycles. The molecular formula is C15H16F3NO3. The minimum absolute atomic E-state index is 0.0393. The van der Waals surface area contributed by atoms with E-state index in [2.05, 4.69) is 4.98 Å². The monoisotopic (exact) mass is 315 g/mol. The number of halogens is 3. The van der Waals surface area contributed by atoms with Gasteiger partial charge in [-0.2, -0.15) is 13.2 Å². The zero-order valence-corrected chi connectivity index (χ0v) is 12.0. The summed E-state index contributed by atoms with van der Waals surface area (Å²) in [5, 5.41) is 0. The molecule has 120 valence electrons. The number of rotatable bonds is 3. The molecule has 0 amide bonds. The maximum Gasteiger partial charge on any atom is 0.417 e. The molecule has 0 saturated carbocycles. The molecule has 2 unspecified atom stereocenters. The third kappa shape index (κ3) is 2.82. The van der Waals surface area contributed by atoms with Gasteiger partial charge in [0.1, 0.15) is 0 Å². The number of ketones is 1. The number of Topliss-reactive ketones (excluding diaryl/α,β-unsaturated/α-hetero) is 1. The molecule has 4 nitrogen and oxygen atoms in total. The third-order valence-corrected chi connectivity index (χ3v) is 4.30. The van der Waals surface area contributed by atoms with Crippen molar-refractivity contribution >= 4 is 5.78 Å². The predicted octanol–water partition coefficient (Wildman–Crippen LogP) is 3.25. The number of pyridine rings is 1. The molecule has 2 fully saturated rings. The lowest BCUT2D eigenvalue weighted by atomic mass is 9.88. The van der Waals surface area contributed by atoms with Crippen LogP contribution in [0.25, 0.3) is 0 Å². The molecule has 1 aromatic rings. The maximum atomic E-state index is 12.8. The van der Waals surface area contributed by atoms with Crippen molar-refractivity contribution in [3.05, 3.63) is 23.4 Å². The first-order valence-electron chi connectivity index (χ1n) is 7.19. The van der Waals surface area contributed by atoms with Crippen LogP contribution in [0.1, 0.15) is 41.6 Å². The molecule has 3 heterocycles. The predicted molar refractivity (Wildman–Crippen MR) is 70.7 cm³/mol. The normalized spacial score (nSPS) is 27.7. The van der Waals surface area contributed by atoms with Crippen molar-refractivity contribution < 1.29 is 27.4 Å². The van der Waals surface area contributed by atoms with Gasteiger partial charge in [-0.05, 0) is 31.7 Å². The Morgan fingerprint density at radius 1 is 1.32 bits per heavy atom. The fraction of sp³-hybridized carbons (Fsp3) is 0.600. The van der Waals surface area contributed by atoms with Gasteiger partial charge in [-0.1, -0.05) is 0 Å². The summed E-state index contributed by atoms with van der Waals surface area (Å²) in [6, 6.07) is 0.839. The van der Waals surface area contributed by atoms with E-state index < -0.39 is 11.7 Å². The zero-order valence-electron chi connectivity index (χ0n) is 12.0. The van der Waals surface area contributed by atoms with Crippen molar-refractivity contribution in [3.8, 4) is 5.88 Å². The van der Waals surface area contributed by atoms with E-state index in [1.807, 2.05) is 0 Å². The van der Waals surface area contributed by atoms with Crippen LogP contribution < -0.4 is 4.74 Å². The second-order valence-corrected chi connectivity index (χ2v) is 5.77. The van der Waals surface area contributed by atoms with Gasteiger partial charge in [0.25, 0.3) is 0 Å². The number of hydrogen-bond acceptors (Lipinski definition) is 4. The Kier molecular flexibility index (Phi) is 3.84. The summed E-state index contributed by atoms with van der Waals surface area (Å²) < 4.78 is 49.1. The van der Waals surface area contributed by atoms with Crippen LogP contribution in [0.5, 0.6) is 5.88 Å². The number of alkyl halides is 3. The van der Waals surface area contributed by atoms with E-state index in [-0.39, 0.29) is 35.4 Å². The van der Waals surface area contributed by atoms with Crippen LogP contribution in [-0.4, -0.2) is 30.1 Å². The van der Waals surface area contributed by atoms with Crippen LogP contribution in [0.15, 0.2) is 12.3 Å². The van der Waals surface area contributed by atoms with Gasteiger partial charge in [0.05, 0.1) is 30.4 Å². The van der Waals surface area contributed by atoms with Gasteiger partial charge < -0.3 is 9.47 Å². The Morgan fingerprint density at radius 3 is 2.50 bits per heavy atom. The summed E-state index contributed by atoms with van der Waals surface area (Å²) in [4.78, 5) is 16.3. The molecule has 0 aromatic carbocycles. The van der Waals surface area contributed by atoms with E-state index >= 15 is 0 Å². The van der Waals surface area contributed by atoms with Crippen molar-refractivity contribution in [1.82, 2.24) is 4.98 Å². The molecule has 3 rings (SSSR count). The number of aromatic nitrogens is 1. The maximum absolute atomic E-state index is 12.8. The molecule has 2 bridgehead atoms. The fourth-order valence-electron chi connectivity index (χ4n) is 3.24.